The monoisotopic (exact) mass is 270 g/mol. The number of rotatable bonds is 3. The van der Waals surface area contributed by atoms with Gasteiger partial charge in [0.25, 0.3) is 0 Å². The first-order chi connectivity index (χ1) is 9.43. The van der Waals surface area contributed by atoms with Gasteiger partial charge in [-0.15, -0.1) is 0 Å². The number of benzene rings is 2. The van der Waals surface area contributed by atoms with Crippen LogP contribution in [0, 0.1) is 6.92 Å². The van der Waals surface area contributed by atoms with Crippen molar-refractivity contribution >= 4 is 6.16 Å². The molecule has 0 spiro atoms. The minimum atomic E-state index is -1.29. The van der Waals surface area contributed by atoms with E-state index < -0.39 is 6.16 Å². The molecular formula is C17H18O3. The van der Waals surface area contributed by atoms with Gasteiger partial charge in [0.1, 0.15) is 5.75 Å². The summed E-state index contributed by atoms with van der Waals surface area (Å²) in [6.45, 7) is 6.10. The van der Waals surface area contributed by atoms with E-state index in [2.05, 4.69) is 13.8 Å². The highest BCUT2D eigenvalue weighted by Crippen LogP contribution is 2.39. The molecular weight excluding hydrogens is 252 g/mol. The fourth-order valence-corrected chi connectivity index (χ4v) is 2.62. The fraction of sp³-hybridized carbons (Fsp3) is 0.235. The lowest BCUT2D eigenvalue weighted by atomic mass is 9.76. The van der Waals surface area contributed by atoms with Crippen LogP contribution in [0.4, 0.5) is 4.79 Å². The molecule has 0 aromatic heterocycles. The summed E-state index contributed by atoms with van der Waals surface area (Å²) in [5.74, 6) is 0.395. The molecule has 0 fully saturated rings. The van der Waals surface area contributed by atoms with E-state index in [-0.39, 0.29) is 5.41 Å². The second kappa shape index (κ2) is 5.37. The molecule has 104 valence electrons. The zero-order valence-electron chi connectivity index (χ0n) is 11.9. The van der Waals surface area contributed by atoms with Crippen LogP contribution in [0.5, 0.6) is 5.75 Å². The van der Waals surface area contributed by atoms with E-state index in [1.165, 1.54) is 0 Å². The van der Waals surface area contributed by atoms with E-state index in [1.807, 2.05) is 43.3 Å². The smallest absolute Gasteiger partial charge is 0.449 e. The van der Waals surface area contributed by atoms with Gasteiger partial charge in [-0.05, 0) is 24.1 Å². The number of carbonyl (C=O) groups is 1. The Kier molecular flexibility index (Phi) is 3.79. The molecule has 2 aromatic carbocycles. The van der Waals surface area contributed by atoms with Gasteiger partial charge in [-0.1, -0.05) is 56.3 Å². The summed E-state index contributed by atoms with van der Waals surface area (Å²) >= 11 is 0. The van der Waals surface area contributed by atoms with Crippen molar-refractivity contribution in [3.63, 3.8) is 0 Å². The molecule has 1 N–H and O–H groups in total. The maximum absolute atomic E-state index is 10.9. The van der Waals surface area contributed by atoms with E-state index in [9.17, 15) is 4.79 Å². The lowest BCUT2D eigenvalue weighted by Crippen LogP contribution is -2.22. The highest BCUT2D eigenvalue weighted by atomic mass is 16.7. The van der Waals surface area contributed by atoms with Gasteiger partial charge in [-0.25, -0.2) is 4.79 Å². The summed E-state index contributed by atoms with van der Waals surface area (Å²) in [4.78, 5) is 10.9. The van der Waals surface area contributed by atoms with Gasteiger partial charge in [-0.3, -0.25) is 0 Å². The average molecular weight is 270 g/mol. The van der Waals surface area contributed by atoms with Crippen molar-refractivity contribution in [1.82, 2.24) is 0 Å². The number of carboxylic acid groups (broad SMARTS) is 1. The van der Waals surface area contributed by atoms with E-state index in [0.29, 0.717) is 5.75 Å². The summed E-state index contributed by atoms with van der Waals surface area (Å²) < 4.78 is 4.95. The third kappa shape index (κ3) is 2.67. The Hall–Kier alpha value is -2.29. The maximum Gasteiger partial charge on any atom is 0.511 e. The van der Waals surface area contributed by atoms with Gasteiger partial charge >= 0.3 is 6.16 Å². The lowest BCUT2D eigenvalue weighted by molar-refractivity contribution is 0.143. The molecule has 0 radical (unpaired) electrons. The minimum Gasteiger partial charge on any atom is -0.449 e. The minimum absolute atomic E-state index is 0.336. The van der Waals surface area contributed by atoms with Gasteiger partial charge < -0.3 is 9.84 Å². The Morgan fingerprint density at radius 3 is 2.30 bits per heavy atom. The molecule has 2 aromatic rings. The van der Waals surface area contributed by atoms with Crippen LogP contribution in [0.3, 0.4) is 0 Å². The van der Waals surface area contributed by atoms with Gasteiger partial charge in [0, 0.05) is 11.0 Å². The SMILES string of the molecule is Cc1cccc(OC(=O)O)c1C(C)(C)c1ccccc1. The Balaban J connectivity index is 2.59. The van der Waals surface area contributed by atoms with E-state index in [1.54, 1.807) is 12.1 Å². The molecule has 0 amide bonds. The van der Waals surface area contributed by atoms with Crippen LogP contribution >= 0.6 is 0 Å². The highest BCUT2D eigenvalue weighted by Gasteiger charge is 2.29. The third-order valence-electron chi connectivity index (χ3n) is 3.55. The molecule has 3 nitrogen and oxygen atoms in total. The normalized spacial score (nSPS) is 11.2. The van der Waals surface area contributed by atoms with Gasteiger partial charge in [0.15, 0.2) is 0 Å². The van der Waals surface area contributed by atoms with Crippen LogP contribution in [-0.4, -0.2) is 11.3 Å². The van der Waals surface area contributed by atoms with Crippen LogP contribution in [0.2, 0.25) is 0 Å². The van der Waals surface area contributed by atoms with Crippen molar-refractivity contribution in [2.75, 3.05) is 0 Å². The number of ether oxygens (including phenoxy) is 1. The third-order valence-corrected chi connectivity index (χ3v) is 3.55. The summed E-state index contributed by atoms with van der Waals surface area (Å²) in [5.41, 5.74) is 2.69. The molecule has 0 aliphatic rings. The van der Waals surface area contributed by atoms with Crippen LogP contribution in [0.1, 0.15) is 30.5 Å². The first-order valence-electron chi connectivity index (χ1n) is 6.49. The zero-order valence-corrected chi connectivity index (χ0v) is 11.9. The van der Waals surface area contributed by atoms with Crippen LogP contribution in [0.25, 0.3) is 0 Å². The lowest BCUT2D eigenvalue weighted by Gasteiger charge is -2.29. The van der Waals surface area contributed by atoms with E-state index in [0.717, 1.165) is 16.7 Å². The largest absolute Gasteiger partial charge is 0.511 e. The second-order valence-electron chi connectivity index (χ2n) is 5.31. The Morgan fingerprint density at radius 1 is 1.05 bits per heavy atom. The molecule has 0 saturated carbocycles. The Morgan fingerprint density at radius 2 is 1.70 bits per heavy atom. The molecule has 0 aliphatic heterocycles. The summed E-state index contributed by atoms with van der Waals surface area (Å²) in [7, 11) is 0. The van der Waals surface area contributed by atoms with Crippen molar-refractivity contribution in [2.45, 2.75) is 26.2 Å². The quantitative estimate of drug-likeness (QED) is 0.665. The molecule has 20 heavy (non-hydrogen) atoms. The topological polar surface area (TPSA) is 46.5 Å². The summed E-state index contributed by atoms with van der Waals surface area (Å²) in [6.07, 6.45) is -1.29. The van der Waals surface area contributed by atoms with Crippen LogP contribution in [-0.2, 0) is 5.41 Å². The van der Waals surface area contributed by atoms with Gasteiger partial charge in [-0.2, -0.15) is 0 Å². The van der Waals surface area contributed by atoms with Crippen LogP contribution in [0.15, 0.2) is 48.5 Å². The average Bonchev–Trinajstić information content (AvgIpc) is 2.38. The standard InChI is InChI=1S/C17H18O3/c1-12-8-7-11-14(20-16(18)19)15(12)17(2,3)13-9-5-4-6-10-13/h4-11H,1-3H3,(H,18,19). The number of hydrogen-bond donors (Lipinski definition) is 1. The Labute approximate surface area is 118 Å². The zero-order chi connectivity index (χ0) is 14.8. The van der Waals surface area contributed by atoms with Crippen molar-refractivity contribution in [3.05, 3.63) is 65.2 Å². The second-order valence-corrected chi connectivity index (χ2v) is 5.31. The summed E-state index contributed by atoms with van der Waals surface area (Å²) in [5, 5.41) is 8.90. The first-order valence-corrected chi connectivity index (χ1v) is 6.49. The molecule has 0 heterocycles. The highest BCUT2D eigenvalue weighted by molar-refractivity contribution is 5.63. The number of aryl methyl sites for hydroxylation is 1. The van der Waals surface area contributed by atoms with Crippen molar-refractivity contribution < 1.29 is 14.6 Å². The first kappa shape index (κ1) is 14.1. The van der Waals surface area contributed by atoms with Crippen molar-refractivity contribution in [3.8, 4) is 5.75 Å². The van der Waals surface area contributed by atoms with E-state index in [4.69, 9.17) is 9.84 Å². The molecule has 0 aliphatic carbocycles. The molecule has 0 atom stereocenters. The van der Waals surface area contributed by atoms with Crippen molar-refractivity contribution in [2.24, 2.45) is 0 Å². The molecule has 0 unspecified atom stereocenters. The van der Waals surface area contributed by atoms with Crippen LogP contribution < -0.4 is 4.74 Å². The molecule has 3 heteroatoms. The Bertz CT molecular complexity index is 615. The van der Waals surface area contributed by atoms with E-state index >= 15 is 0 Å². The molecule has 0 saturated heterocycles. The molecule has 2 rings (SSSR count). The number of hydrogen-bond acceptors (Lipinski definition) is 2. The summed E-state index contributed by atoms with van der Waals surface area (Å²) in [6, 6.07) is 15.5. The predicted octanol–water partition coefficient (Wildman–Crippen LogP) is 4.38. The fourth-order valence-electron chi connectivity index (χ4n) is 2.62. The van der Waals surface area contributed by atoms with Crippen molar-refractivity contribution in [1.29, 1.82) is 0 Å². The maximum atomic E-state index is 10.9. The van der Waals surface area contributed by atoms with Gasteiger partial charge in [0.2, 0.25) is 0 Å². The predicted molar refractivity (Wildman–Crippen MR) is 78.4 cm³/mol. The van der Waals surface area contributed by atoms with Gasteiger partial charge in [0.05, 0.1) is 0 Å². The molecule has 0 bridgehead atoms.